The summed E-state index contributed by atoms with van der Waals surface area (Å²) in [6.45, 7) is 2.06. The van der Waals surface area contributed by atoms with E-state index < -0.39 is 0 Å². The van der Waals surface area contributed by atoms with E-state index in [1.807, 2.05) is 30.3 Å². The van der Waals surface area contributed by atoms with Crippen molar-refractivity contribution in [3.05, 3.63) is 65.1 Å². The van der Waals surface area contributed by atoms with Gasteiger partial charge in [-0.25, -0.2) is 0 Å². The van der Waals surface area contributed by atoms with Crippen molar-refractivity contribution in [2.75, 3.05) is 5.32 Å². The molecule has 1 unspecified atom stereocenters. The van der Waals surface area contributed by atoms with Crippen LogP contribution in [0.5, 0.6) is 0 Å². The molecule has 2 aromatic heterocycles. The zero-order valence-corrected chi connectivity index (χ0v) is 12.1. The van der Waals surface area contributed by atoms with Gasteiger partial charge in [0.05, 0.1) is 6.26 Å². The first kappa shape index (κ1) is 13.5. The number of aromatic nitrogens is 2. The normalized spacial score (nSPS) is 12.0. The van der Waals surface area contributed by atoms with Gasteiger partial charge in [-0.1, -0.05) is 48.6 Å². The molecule has 6 heteroatoms. The molecular weight excluding hydrogens is 286 g/mol. The molecule has 0 fully saturated rings. The van der Waals surface area contributed by atoms with E-state index in [2.05, 4.69) is 22.4 Å². The minimum atomic E-state index is -0.324. The molecule has 0 spiro atoms. The minimum absolute atomic E-state index is 0.137. The van der Waals surface area contributed by atoms with Gasteiger partial charge in [-0.3, -0.25) is 10.1 Å². The monoisotopic (exact) mass is 299 g/mol. The van der Waals surface area contributed by atoms with Crippen LogP contribution >= 0.6 is 11.3 Å². The average Bonchev–Trinajstić information content (AvgIpc) is 3.19. The smallest absolute Gasteiger partial charge is 0.293 e. The highest BCUT2D eigenvalue weighted by atomic mass is 32.1. The van der Waals surface area contributed by atoms with Crippen molar-refractivity contribution in [3.8, 4) is 0 Å². The molecule has 0 saturated carbocycles. The summed E-state index contributed by atoms with van der Waals surface area (Å²) in [7, 11) is 0. The molecule has 0 radical (unpaired) electrons. The lowest BCUT2D eigenvalue weighted by molar-refractivity contribution is 0.0996. The highest BCUT2D eigenvalue weighted by molar-refractivity contribution is 7.15. The van der Waals surface area contributed by atoms with Crippen molar-refractivity contribution >= 4 is 22.4 Å². The number of hydrogen-bond acceptors (Lipinski definition) is 5. The molecule has 1 atom stereocenters. The predicted molar refractivity (Wildman–Crippen MR) is 80.5 cm³/mol. The first-order chi connectivity index (χ1) is 10.2. The van der Waals surface area contributed by atoms with Crippen LogP contribution in [0.25, 0.3) is 0 Å². The molecule has 21 heavy (non-hydrogen) atoms. The molecule has 0 aliphatic carbocycles. The Labute approximate surface area is 125 Å². The summed E-state index contributed by atoms with van der Waals surface area (Å²) in [5.41, 5.74) is 1.16. The number of carbonyl (C=O) groups is 1. The maximum absolute atomic E-state index is 11.9. The van der Waals surface area contributed by atoms with Crippen molar-refractivity contribution in [3.63, 3.8) is 0 Å². The topological polar surface area (TPSA) is 68.0 Å². The summed E-state index contributed by atoms with van der Waals surface area (Å²) < 4.78 is 5.04. The Morgan fingerprint density at radius 2 is 2.00 bits per heavy atom. The van der Waals surface area contributed by atoms with Crippen LogP contribution in [0.2, 0.25) is 0 Å². The van der Waals surface area contributed by atoms with E-state index in [-0.39, 0.29) is 17.6 Å². The van der Waals surface area contributed by atoms with Gasteiger partial charge in [-0.05, 0) is 17.7 Å². The molecule has 5 nitrogen and oxygen atoms in total. The van der Waals surface area contributed by atoms with Crippen LogP contribution in [-0.2, 0) is 0 Å². The molecule has 0 saturated heterocycles. The van der Waals surface area contributed by atoms with Gasteiger partial charge in [0.2, 0.25) is 5.13 Å². The molecule has 106 valence electrons. The Bertz CT molecular complexity index is 722. The largest absolute Gasteiger partial charge is 0.459 e. The van der Waals surface area contributed by atoms with Crippen LogP contribution in [0.15, 0.2) is 53.1 Å². The van der Waals surface area contributed by atoms with Crippen LogP contribution in [-0.4, -0.2) is 16.1 Å². The number of nitrogens with one attached hydrogen (secondary N) is 1. The van der Waals surface area contributed by atoms with Crippen LogP contribution in [0.3, 0.4) is 0 Å². The van der Waals surface area contributed by atoms with Gasteiger partial charge in [0.25, 0.3) is 5.91 Å². The number of rotatable bonds is 4. The number of carbonyl (C=O) groups excluding carboxylic acids is 1. The van der Waals surface area contributed by atoms with Crippen molar-refractivity contribution in [1.82, 2.24) is 10.2 Å². The highest BCUT2D eigenvalue weighted by Crippen LogP contribution is 2.28. The number of furan rings is 1. The van der Waals surface area contributed by atoms with Crippen molar-refractivity contribution in [2.24, 2.45) is 0 Å². The van der Waals surface area contributed by atoms with E-state index in [9.17, 15) is 4.79 Å². The summed E-state index contributed by atoms with van der Waals surface area (Å²) in [6.07, 6.45) is 1.46. The maximum Gasteiger partial charge on any atom is 0.293 e. The van der Waals surface area contributed by atoms with Crippen LogP contribution in [0.1, 0.15) is 34.0 Å². The molecule has 3 rings (SSSR count). The molecule has 3 aromatic rings. The molecule has 0 bridgehead atoms. The zero-order valence-electron chi connectivity index (χ0n) is 11.3. The lowest BCUT2D eigenvalue weighted by atomic mass is 10.0. The Kier molecular flexibility index (Phi) is 3.79. The van der Waals surface area contributed by atoms with Crippen LogP contribution in [0.4, 0.5) is 5.13 Å². The van der Waals surface area contributed by atoms with Gasteiger partial charge in [-0.15, -0.1) is 10.2 Å². The first-order valence-corrected chi connectivity index (χ1v) is 7.29. The molecule has 0 aliphatic rings. The molecule has 1 amide bonds. The second-order valence-electron chi connectivity index (χ2n) is 4.51. The van der Waals surface area contributed by atoms with Crippen molar-refractivity contribution < 1.29 is 9.21 Å². The maximum atomic E-state index is 11.9. The fourth-order valence-electron chi connectivity index (χ4n) is 1.91. The molecular formula is C15H13N3O2S. The van der Waals surface area contributed by atoms with Crippen molar-refractivity contribution in [1.29, 1.82) is 0 Å². The number of hydrogen-bond donors (Lipinski definition) is 1. The van der Waals surface area contributed by atoms with Gasteiger partial charge < -0.3 is 4.42 Å². The van der Waals surface area contributed by atoms with Gasteiger partial charge in [0.15, 0.2) is 5.76 Å². The SMILES string of the molecule is CC(c1ccccc1)c1nnc(NC(=O)c2ccco2)s1. The zero-order chi connectivity index (χ0) is 14.7. The van der Waals surface area contributed by atoms with Gasteiger partial charge in [0, 0.05) is 5.92 Å². The molecule has 2 heterocycles. The third-order valence-electron chi connectivity index (χ3n) is 3.08. The summed E-state index contributed by atoms with van der Waals surface area (Å²) in [5.74, 6) is 0.0656. The van der Waals surface area contributed by atoms with Crippen molar-refractivity contribution in [2.45, 2.75) is 12.8 Å². The molecule has 1 N–H and O–H groups in total. The minimum Gasteiger partial charge on any atom is -0.459 e. The lowest BCUT2D eigenvalue weighted by Crippen LogP contribution is -2.10. The number of benzene rings is 1. The summed E-state index contributed by atoms with van der Waals surface area (Å²) in [4.78, 5) is 11.9. The van der Waals surface area contributed by atoms with E-state index in [4.69, 9.17) is 4.42 Å². The predicted octanol–water partition coefficient (Wildman–Crippen LogP) is 3.54. The van der Waals surface area contributed by atoms with E-state index in [1.165, 1.54) is 17.6 Å². The first-order valence-electron chi connectivity index (χ1n) is 6.47. The van der Waals surface area contributed by atoms with E-state index >= 15 is 0 Å². The standard InChI is InChI=1S/C15H13N3O2S/c1-10(11-6-3-2-4-7-11)14-17-18-15(21-14)16-13(19)12-8-5-9-20-12/h2-10H,1H3,(H,16,18,19). The second-order valence-corrected chi connectivity index (χ2v) is 5.52. The van der Waals surface area contributed by atoms with Crippen LogP contribution in [0, 0.1) is 0 Å². The van der Waals surface area contributed by atoms with E-state index in [1.54, 1.807) is 12.1 Å². The third kappa shape index (κ3) is 3.00. The summed E-state index contributed by atoms with van der Waals surface area (Å²) >= 11 is 1.37. The summed E-state index contributed by atoms with van der Waals surface area (Å²) in [6, 6.07) is 13.3. The number of amides is 1. The fraction of sp³-hybridized carbons (Fsp3) is 0.133. The number of anilines is 1. The quantitative estimate of drug-likeness (QED) is 0.800. The Morgan fingerprint density at radius 3 is 2.71 bits per heavy atom. The lowest BCUT2D eigenvalue weighted by Gasteiger charge is -2.06. The van der Waals surface area contributed by atoms with Crippen LogP contribution < -0.4 is 5.32 Å². The number of nitrogens with zero attached hydrogens (tertiary/aromatic N) is 2. The Morgan fingerprint density at radius 1 is 1.19 bits per heavy atom. The molecule has 1 aromatic carbocycles. The highest BCUT2D eigenvalue weighted by Gasteiger charge is 2.16. The molecule has 0 aliphatic heterocycles. The van der Waals surface area contributed by atoms with Gasteiger partial charge >= 0.3 is 0 Å². The van der Waals surface area contributed by atoms with E-state index in [0.717, 1.165) is 10.6 Å². The Hall–Kier alpha value is -2.47. The van der Waals surface area contributed by atoms with E-state index in [0.29, 0.717) is 5.13 Å². The van der Waals surface area contributed by atoms with Gasteiger partial charge in [0.1, 0.15) is 5.01 Å². The second kappa shape index (κ2) is 5.88. The Balaban J connectivity index is 1.73. The fourth-order valence-corrected chi connectivity index (χ4v) is 2.73. The third-order valence-corrected chi connectivity index (χ3v) is 4.10. The average molecular weight is 299 g/mol. The van der Waals surface area contributed by atoms with Gasteiger partial charge in [-0.2, -0.15) is 0 Å². The summed E-state index contributed by atoms with van der Waals surface area (Å²) in [5, 5.41) is 12.2.